The summed E-state index contributed by atoms with van der Waals surface area (Å²) in [7, 11) is 0. The quantitative estimate of drug-likeness (QED) is 0.408. The van der Waals surface area contributed by atoms with Gasteiger partial charge in [-0.3, -0.25) is 4.57 Å². The average molecular weight is 487 g/mol. The van der Waals surface area contributed by atoms with E-state index < -0.39 is 30.4 Å². The average Bonchev–Trinajstić information content (AvgIpc) is 3.42. The number of carbonyl (C=O) groups excluding carboxylic acids is 2. The zero-order chi connectivity index (χ0) is 25.2. The maximum absolute atomic E-state index is 12.9. The van der Waals surface area contributed by atoms with Gasteiger partial charge in [0.05, 0.1) is 22.2 Å². The number of carbonyl (C=O) groups is 2. The standard InChI is InChI=1S/C28H26N2O6/c1-17-7-11-19(12-8-17)26(31)34-16-24-23(36-27(32)20-13-9-18(2)10-14-20)15-25(35-24)30-22-6-4-3-5-21(22)29-28(30)33/h3-14,23-25H,15-16H2,1-2H3,(H,29,33)/t23?,24-,25-/m1/s1. The van der Waals surface area contributed by atoms with Crippen LogP contribution < -0.4 is 5.69 Å². The molecule has 3 aromatic carbocycles. The van der Waals surface area contributed by atoms with Crippen LogP contribution in [0.3, 0.4) is 0 Å². The molecule has 8 heteroatoms. The second-order valence-corrected chi connectivity index (χ2v) is 8.96. The molecular weight excluding hydrogens is 460 g/mol. The van der Waals surface area contributed by atoms with Crippen molar-refractivity contribution in [3.05, 3.63) is 106 Å². The number of para-hydroxylation sites is 2. The third kappa shape index (κ3) is 4.81. The lowest BCUT2D eigenvalue weighted by Gasteiger charge is -2.19. The summed E-state index contributed by atoms with van der Waals surface area (Å²) in [6.45, 7) is 3.73. The summed E-state index contributed by atoms with van der Waals surface area (Å²) in [4.78, 5) is 41.0. The van der Waals surface area contributed by atoms with Gasteiger partial charge in [0.25, 0.3) is 0 Å². The van der Waals surface area contributed by atoms with Crippen LogP contribution in [0.15, 0.2) is 77.6 Å². The molecule has 1 aliphatic rings. The fourth-order valence-corrected chi connectivity index (χ4v) is 4.32. The van der Waals surface area contributed by atoms with Crippen molar-refractivity contribution in [1.82, 2.24) is 9.55 Å². The first-order valence-electron chi connectivity index (χ1n) is 11.7. The molecule has 5 rings (SSSR count). The topological polar surface area (TPSA) is 99.6 Å². The molecule has 1 aliphatic heterocycles. The molecule has 8 nitrogen and oxygen atoms in total. The van der Waals surface area contributed by atoms with E-state index in [1.54, 1.807) is 30.3 Å². The largest absolute Gasteiger partial charge is 0.459 e. The van der Waals surface area contributed by atoms with Gasteiger partial charge in [-0.2, -0.15) is 0 Å². The maximum atomic E-state index is 12.9. The predicted octanol–water partition coefficient (Wildman–Crippen LogP) is 4.32. The summed E-state index contributed by atoms with van der Waals surface area (Å²) >= 11 is 0. The molecule has 0 bridgehead atoms. The number of benzene rings is 3. The van der Waals surface area contributed by atoms with Gasteiger partial charge in [0.2, 0.25) is 0 Å². The van der Waals surface area contributed by atoms with Crippen LogP contribution in [0.4, 0.5) is 0 Å². The van der Waals surface area contributed by atoms with Crippen LogP contribution in [0, 0.1) is 13.8 Å². The molecule has 2 heterocycles. The molecule has 0 aliphatic carbocycles. The third-order valence-electron chi connectivity index (χ3n) is 6.30. The van der Waals surface area contributed by atoms with E-state index in [-0.39, 0.29) is 18.7 Å². The van der Waals surface area contributed by atoms with Crippen LogP contribution in [-0.2, 0) is 14.2 Å². The number of aromatic nitrogens is 2. The van der Waals surface area contributed by atoms with Crippen molar-refractivity contribution in [2.45, 2.75) is 38.7 Å². The molecule has 1 N–H and O–H groups in total. The highest BCUT2D eigenvalue weighted by molar-refractivity contribution is 5.90. The molecule has 1 unspecified atom stereocenters. The summed E-state index contributed by atoms with van der Waals surface area (Å²) in [5.41, 5.74) is 3.89. The number of aromatic amines is 1. The number of hydrogen-bond acceptors (Lipinski definition) is 6. The van der Waals surface area contributed by atoms with E-state index in [0.29, 0.717) is 22.2 Å². The van der Waals surface area contributed by atoms with Crippen molar-refractivity contribution in [3.63, 3.8) is 0 Å². The van der Waals surface area contributed by atoms with Crippen molar-refractivity contribution in [2.75, 3.05) is 6.61 Å². The minimum absolute atomic E-state index is 0.133. The van der Waals surface area contributed by atoms with Gasteiger partial charge >= 0.3 is 17.6 Å². The number of hydrogen-bond donors (Lipinski definition) is 1. The lowest BCUT2D eigenvalue weighted by Crippen LogP contribution is -2.32. The van der Waals surface area contributed by atoms with Crippen LogP contribution in [0.2, 0.25) is 0 Å². The summed E-state index contributed by atoms with van der Waals surface area (Å²) in [6, 6.07) is 21.4. The molecule has 1 aromatic heterocycles. The number of ether oxygens (including phenoxy) is 3. The van der Waals surface area contributed by atoms with E-state index in [9.17, 15) is 14.4 Å². The van der Waals surface area contributed by atoms with E-state index in [4.69, 9.17) is 14.2 Å². The van der Waals surface area contributed by atoms with Gasteiger partial charge in [0.1, 0.15) is 25.0 Å². The lowest BCUT2D eigenvalue weighted by atomic mass is 10.1. The Hall–Kier alpha value is -4.17. The van der Waals surface area contributed by atoms with Gasteiger partial charge in [0, 0.05) is 6.42 Å². The van der Waals surface area contributed by atoms with Crippen molar-refractivity contribution < 1.29 is 23.8 Å². The molecule has 0 spiro atoms. The van der Waals surface area contributed by atoms with E-state index >= 15 is 0 Å². The summed E-state index contributed by atoms with van der Waals surface area (Å²) in [6.07, 6.45) is -1.95. The monoisotopic (exact) mass is 486 g/mol. The summed E-state index contributed by atoms with van der Waals surface area (Å²) in [5.74, 6) is -1.01. The third-order valence-corrected chi connectivity index (χ3v) is 6.30. The molecule has 0 saturated carbocycles. The number of fused-ring (bicyclic) bond motifs is 1. The highest BCUT2D eigenvalue weighted by Crippen LogP contribution is 2.33. The molecule has 3 atom stereocenters. The van der Waals surface area contributed by atoms with E-state index in [2.05, 4.69) is 4.98 Å². The normalized spacial score (nSPS) is 19.3. The lowest BCUT2D eigenvalue weighted by molar-refractivity contribution is -0.0569. The minimum Gasteiger partial charge on any atom is -0.459 e. The maximum Gasteiger partial charge on any atom is 0.338 e. The molecule has 184 valence electrons. The first-order valence-corrected chi connectivity index (χ1v) is 11.7. The molecule has 1 saturated heterocycles. The highest BCUT2D eigenvalue weighted by atomic mass is 16.6. The van der Waals surface area contributed by atoms with Gasteiger partial charge in [-0.25, -0.2) is 14.4 Å². The fraction of sp³-hybridized carbons (Fsp3) is 0.250. The van der Waals surface area contributed by atoms with Gasteiger partial charge in [-0.05, 0) is 50.2 Å². The van der Waals surface area contributed by atoms with Crippen molar-refractivity contribution >= 4 is 23.0 Å². The van der Waals surface area contributed by atoms with Crippen LogP contribution in [0.5, 0.6) is 0 Å². The molecule has 4 aromatic rings. The van der Waals surface area contributed by atoms with Gasteiger partial charge < -0.3 is 19.2 Å². The molecule has 0 radical (unpaired) electrons. The molecule has 1 fully saturated rings. The number of H-pyrrole nitrogens is 1. The highest BCUT2D eigenvalue weighted by Gasteiger charge is 2.41. The Morgan fingerprint density at radius 3 is 2.19 bits per heavy atom. The molecule has 0 amide bonds. The van der Waals surface area contributed by atoms with Crippen LogP contribution in [0.25, 0.3) is 11.0 Å². The second-order valence-electron chi connectivity index (χ2n) is 8.96. The van der Waals surface area contributed by atoms with Crippen LogP contribution in [0.1, 0.15) is 44.5 Å². The van der Waals surface area contributed by atoms with Crippen LogP contribution in [-0.4, -0.2) is 40.3 Å². The van der Waals surface area contributed by atoms with Gasteiger partial charge in [-0.15, -0.1) is 0 Å². The first-order chi connectivity index (χ1) is 17.4. The predicted molar refractivity (Wildman–Crippen MR) is 133 cm³/mol. The Labute approximate surface area is 207 Å². The van der Waals surface area contributed by atoms with Crippen molar-refractivity contribution in [3.8, 4) is 0 Å². The number of nitrogens with one attached hydrogen (secondary N) is 1. The SMILES string of the molecule is Cc1ccc(C(=O)OC[C@H]2O[C@@H](n3c(=O)[nH]c4ccccc43)CC2OC(=O)c2ccc(C)cc2)cc1. The minimum atomic E-state index is -0.751. The smallest absolute Gasteiger partial charge is 0.338 e. The second kappa shape index (κ2) is 9.83. The van der Waals surface area contributed by atoms with Gasteiger partial charge in [0.15, 0.2) is 0 Å². The summed E-state index contributed by atoms with van der Waals surface area (Å²) in [5, 5.41) is 0. The summed E-state index contributed by atoms with van der Waals surface area (Å²) < 4.78 is 19.0. The van der Waals surface area contributed by atoms with E-state index in [1.165, 1.54) is 4.57 Å². The number of esters is 2. The van der Waals surface area contributed by atoms with E-state index in [1.807, 2.05) is 56.3 Å². The Balaban J connectivity index is 1.37. The number of imidazole rings is 1. The molecular formula is C28H26N2O6. The number of aryl methyl sites for hydroxylation is 2. The van der Waals surface area contributed by atoms with E-state index in [0.717, 1.165) is 11.1 Å². The van der Waals surface area contributed by atoms with Crippen molar-refractivity contribution in [2.24, 2.45) is 0 Å². The Bertz CT molecular complexity index is 1450. The zero-order valence-electron chi connectivity index (χ0n) is 20.0. The first kappa shape index (κ1) is 23.6. The Morgan fingerprint density at radius 2 is 1.53 bits per heavy atom. The Kier molecular flexibility index (Phi) is 6.43. The van der Waals surface area contributed by atoms with Crippen molar-refractivity contribution in [1.29, 1.82) is 0 Å². The zero-order valence-corrected chi connectivity index (χ0v) is 20.0. The molecule has 36 heavy (non-hydrogen) atoms. The Morgan fingerprint density at radius 1 is 0.917 bits per heavy atom. The van der Waals surface area contributed by atoms with Gasteiger partial charge in [-0.1, -0.05) is 47.5 Å². The number of rotatable bonds is 6. The fourth-order valence-electron chi connectivity index (χ4n) is 4.32. The number of nitrogens with zero attached hydrogens (tertiary/aromatic N) is 1. The van der Waals surface area contributed by atoms with Crippen LogP contribution >= 0.6 is 0 Å².